The van der Waals surface area contributed by atoms with Gasteiger partial charge in [-0.3, -0.25) is 0 Å². The Morgan fingerprint density at radius 3 is 2.61 bits per heavy atom. The molecule has 0 aliphatic rings. The lowest BCUT2D eigenvalue weighted by Crippen LogP contribution is -1.99. The molecule has 0 amide bonds. The fourth-order valence-corrected chi connectivity index (χ4v) is 3.06. The Morgan fingerprint density at radius 2 is 1.94 bits per heavy atom. The Kier molecular flexibility index (Phi) is 4.57. The van der Waals surface area contributed by atoms with Crippen molar-refractivity contribution in [2.75, 3.05) is 0 Å². The standard InChI is InChI=1S/C15H13Br2F/c1-10-5-6-13(15(18)7-10)14(17)9-11-3-2-4-12(16)8-11/h2-8,14H,9H2,1H3. The highest BCUT2D eigenvalue weighted by Gasteiger charge is 2.13. The van der Waals surface area contributed by atoms with Crippen molar-refractivity contribution in [3.05, 3.63) is 69.4 Å². The van der Waals surface area contributed by atoms with Crippen LogP contribution in [0.4, 0.5) is 4.39 Å². The van der Waals surface area contributed by atoms with Gasteiger partial charge in [-0.25, -0.2) is 4.39 Å². The predicted octanol–water partition coefficient (Wildman–Crippen LogP) is 5.58. The van der Waals surface area contributed by atoms with Gasteiger partial charge >= 0.3 is 0 Å². The van der Waals surface area contributed by atoms with Gasteiger partial charge in [0, 0.05) is 14.9 Å². The van der Waals surface area contributed by atoms with E-state index in [1.807, 2.05) is 37.3 Å². The van der Waals surface area contributed by atoms with Crippen LogP contribution in [-0.2, 0) is 6.42 Å². The van der Waals surface area contributed by atoms with E-state index in [1.165, 1.54) is 5.56 Å². The quantitative estimate of drug-likeness (QED) is 0.618. The van der Waals surface area contributed by atoms with E-state index in [2.05, 4.69) is 37.9 Å². The lowest BCUT2D eigenvalue weighted by molar-refractivity contribution is 0.607. The summed E-state index contributed by atoms with van der Waals surface area (Å²) >= 11 is 7.01. The summed E-state index contributed by atoms with van der Waals surface area (Å²) in [7, 11) is 0. The van der Waals surface area contributed by atoms with Gasteiger partial charge < -0.3 is 0 Å². The molecule has 2 aromatic rings. The van der Waals surface area contributed by atoms with Crippen LogP contribution in [0.5, 0.6) is 0 Å². The number of aryl methyl sites for hydroxylation is 1. The lowest BCUT2D eigenvalue weighted by atomic mass is 10.0. The maximum Gasteiger partial charge on any atom is 0.127 e. The van der Waals surface area contributed by atoms with Crippen LogP contribution in [0, 0.1) is 12.7 Å². The lowest BCUT2D eigenvalue weighted by Gasteiger charge is -2.12. The molecule has 18 heavy (non-hydrogen) atoms. The first-order valence-corrected chi connectivity index (χ1v) is 7.41. The van der Waals surface area contributed by atoms with Crippen molar-refractivity contribution in [3.63, 3.8) is 0 Å². The van der Waals surface area contributed by atoms with Crippen molar-refractivity contribution in [2.24, 2.45) is 0 Å². The van der Waals surface area contributed by atoms with Crippen LogP contribution < -0.4 is 0 Å². The molecule has 0 heterocycles. The zero-order valence-electron chi connectivity index (χ0n) is 9.96. The molecule has 2 rings (SSSR count). The molecule has 0 saturated carbocycles. The monoisotopic (exact) mass is 370 g/mol. The summed E-state index contributed by atoms with van der Waals surface area (Å²) in [4.78, 5) is -0.00704. The van der Waals surface area contributed by atoms with Crippen molar-refractivity contribution in [3.8, 4) is 0 Å². The molecule has 1 unspecified atom stereocenters. The van der Waals surface area contributed by atoms with Crippen molar-refractivity contribution < 1.29 is 4.39 Å². The Balaban J connectivity index is 2.19. The van der Waals surface area contributed by atoms with Crippen molar-refractivity contribution >= 4 is 31.9 Å². The molecule has 94 valence electrons. The average molecular weight is 372 g/mol. The summed E-state index contributed by atoms with van der Waals surface area (Å²) in [5.74, 6) is -0.146. The largest absolute Gasteiger partial charge is 0.207 e. The van der Waals surface area contributed by atoms with Crippen LogP contribution in [0.2, 0.25) is 0 Å². The summed E-state index contributed by atoms with van der Waals surface area (Å²) in [5.41, 5.74) is 2.82. The number of alkyl halides is 1. The van der Waals surface area contributed by atoms with E-state index in [9.17, 15) is 4.39 Å². The minimum absolute atomic E-state index is 0.00704. The van der Waals surface area contributed by atoms with Crippen molar-refractivity contribution in [1.29, 1.82) is 0 Å². The van der Waals surface area contributed by atoms with E-state index in [4.69, 9.17) is 0 Å². The first-order valence-electron chi connectivity index (χ1n) is 5.71. The first kappa shape index (κ1) is 13.8. The van der Waals surface area contributed by atoms with Crippen molar-refractivity contribution in [2.45, 2.75) is 18.2 Å². The molecule has 0 aliphatic carbocycles. The molecule has 0 nitrogen and oxygen atoms in total. The summed E-state index contributed by atoms with van der Waals surface area (Å²) in [6.45, 7) is 1.89. The van der Waals surface area contributed by atoms with E-state index in [0.717, 1.165) is 16.5 Å². The number of benzene rings is 2. The summed E-state index contributed by atoms with van der Waals surface area (Å²) in [5, 5.41) is 0. The van der Waals surface area contributed by atoms with E-state index < -0.39 is 0 Å². The van der Waals surface area contributed by atoms with Crippen molar-refractivity contribution in [1.82, 2.24) is 0 Å². The topological polar surface area (TPSA) is 0 Å². The molecule has 0 aliphatic heterocycles. The molecule has 3 heteroatoms. The summed E-state index contributed by atoms with van der Waals surface area (Å²) in [6, 6.07) is 13.4. The van der Waals surface area contributed by atoms with Gasteiger partial charge in [0.1, 0.15) is 5.82 Å². The minimum atomic E-state index is -0.146. The van der Waals surface area contributed by atoms with E-state index in [-0.39, 0.29) is 10.6 Å². The zero-order chi connectivity index (χ0) is 13.1. The molecule has 0 saturated heterocycles. The Hall–Kier alpha value is -0.670. The fraction of sp³-hybridized carbons (Fsp3) is 0.200. The van der Waals surface area contributed by atoms with E-state index in [0.29, 0.717) is 5.56 Å². The highest BCUT2D eigenvalue weighted by molar-refractivity contribution is 9.10. The maximum absolute atomic E-state index is 13.8. The van der Waals surface area contributed by atoms with Gasteiger partial charge in [0.15, 0.2) is 0 Å². The van der Waals surface area contributed by atoms with Gasteiger partial charge in [0.05, 0.1) is 0 Å². The number of halogens is 3. The van der Waals surface area contributed by atoms with E-state index >= 15 is 0 Å². The highest BCUT2D eigenvalue weighted by Crippen LogP contribution is 2.30. The Morgan fingerprint density at radius 1 is 1.17 bits per heavy atom. The average Bonchev–Trinajstić information content (AvgIpc) is 2.28. The van der Waals surface area contributed by atoms with Crippen LogP contribution in [0.3, 0.4) is 0 Å². The second-order valence-electron chi connectivity index (χ2n) is 4.33. The van der Waals surface area contributed by atoms with Crippen LogP contribution >= 0.6 is 31.9 Å². The minimum Gasteiger partial charge on any atom is -0.207 e. The van der Waals surface area contributed by atoms with Crippen LogP contribution in [0.1, 0.15) is 21.5 Å². The summed E-state index contributed by atoms with van der Waals surface area (Å²) < 4.78 is 14.9. The third-order valence-corrected chi connectivity index (χ3v) is 4.11. The smallest absolute Gasteiger partial charge is 0.127 e. The number of rotatable bonds is 3. The molecule has 0 N–H and O–H groups in total. The van der Waals surface area contributed by atoms with Gasteiger partial charge in [0.25, 0.3) is 0 Å². The molecule has 1 atom stereocenters. The third kappa shape index (κ3) is 3.42. The SMILES string of the molecule is Cc1ccc(C(Br)Cc2cccc(Br)c2)c(F)c1. The third-order valence-electron chi connectivity index (χ3n) is 2.80. The fourth-order valence-electron chi connectivity index (χ4n) is 1.87. The highest BCUT2D eigenvalue weighted by atomic mass is 79.9. The Bertz CT molecular complexity index is 552. The molecule has 0 aromatic heterocycles. The molecular formula is C15H13Br2F. The molecule has 2 aromatic carbocycles. The van der Waals surface area contributed by atoms with Crippen LogP contribution in [0.25, 0.3) is 0 Å². The van der Waals surface area contributed by atoms with Gasteiger partial charge in [-0.15, -0.1) is 0 Å². The number of hydrogen-bond acceptors (Lipinski definition) is 0. The second-order valence-corrected chi connectivity index (χ2v) is 6.35. The maximum atomic E-state index is 13.8. The Labute approximate surface area is 123 Å². The zero-order valence-corrected chi connectivity index (χ0v) is 13.1. The van der Waals surface area contributed by atoms with Gasteiger partial charge in [-0.1, -0.05) is 56.1 Å². The molecule has 0 radical (unpaired) electrons. The predicted molar refractivity (Wildman–Crippen MR) is 80.7 cm³/mol. The van der Waals surface area contributed by atoms with Gasteiger partial charge in [-0.05, 0) is 42.7 Å². The second kappa shape index (κ2) is 5.98. The van der Waals surface area contributed by atoms with Gasteiger partial charge in [-0.2, -0.15) is 0 Å². The first-order chi connectivity index (χ1) is 8.56. The van der Waals surface area contributed by atoms with E-state index in [1.54, 1.807) is 6.07 Å². The van der Waals surface area contributed by atoms with Crippen LogP contribution in [-0.4, -0.2) is 0 Å². The molecular weight excluding hydrogens is 359 g/mol. The number of hydrogen-bond donors (Lipinski definition) is 0. The van der Waals surface area contributed by atoms with Crippen LogP contribution in [0.15, 0.2) is 46.9 Å². The molecule has 0 spiro atoms. The summed E-state index contributed by atoms with van der Waals surface area (Å²) in [6.07, 6.45) is 0.763. The normalized spacial score (nSPS) is 12.4. The van der Waals surface area contributed by atoms with Gasteiger partial charge in [0.2, 0.25) is 0 Å². The molecule has 0 bridgehead atoms. The molecule has 0 fully saturated rings.